The van der Waals surface area contributed by atoms with Crippen molar-refractivity contribution in [1.82, 2.24) is 0 Å². The van der Waals surface area contributed by atoms with Crippen LogP contribution in [0, 0.1) is 23.7 Å². The normalized spacial score (nSPS) is 22.8. The molecule has 3 rings (SSSR count). The van der Waals surface area contributed by atoms with Gasteiger partial charge in [-0.3, -0.25) is 0 Å². The third kappa shape index (κ3) is 6.14. The molecule has 1 aliphatic heterocycles. The van der Waals surface area contributed by atoms with Crippen LogP contribution in [0.15, 0.2) is 30.4 Å². The minimum Gasteiger partial charge on any atom is -0.550 e. The Labute approximate surface area is 197 Å². The molecule has 4 atom stereocenters. The Morgan fingerprint density at radius 1 is 1.38 bits per heavy atom. The van der Waals surface area contributed by atoms with Gasteiger partial charge in [0.05, 0.1) is 0 Å². The summed E-state index contributed by atoms with van der Waals surface area (Å²) in [5.74, 6) is 7.85. The molecule has 2 unspecified atom stereocenters. The summed E-state index contributed by atoms with van der Waals surface area (Å²) >= 11 is 0. The number of carbonyl (C=O) groups is 1. The van der Waals surface area contributed by atoms with E-state index in [9.17, 15) is 9.90 Å². The Kier molecular flexibility index (Phi) is 9.83. The number of aliphatic carboxylic acids is 1. The van der Waals surface area contributed by atoms with Crippen LogP contribution >= 0.6 is 0 Å². The van der Waals surface area contributed by atoms with E-state index in [0.29, 0.717) is 24.2 Å². The molecule has 0 bridgehead atoms. The number of aryl methyl sites for hydroxylation is 1. The minimum atomic E-state index is -0.981. The Morgan fingerprint density at radius 3 is 2.93 bits per heavy atom. The first-order chi connectivity index (χ1) is 13.6. The molecule has 29 heavy (non-hydrogen) atoms. The first kappa shape index (κ1) is 24.1. The van der Waals surface area contributed by atoms with Crippen LogP contribution in [-0.2, 0) is 11.2 Å². The molecule has 0 N–H and O–H groups in total. The fourth-order valence-corrected chi connectivity index (χ4v) is 4.64. The van der Waals surface area contributed by atoms with Gasteiger partial charge in [0.15, 0.2) is 0 Å². The zero-order valence-electron chi connectivity index (χ0n) is 18.1. The number of ether oxygens (including phenoxy) is 1. The molecule has 1 heterocycles. The van der Waals surface area contributed by atoms with Crippen molar-refractivity contribution in [1.29, 1.82) is 0 Å². The maximum Gasteiger partial charge on any atom is 1.00 e. The van der Waals surface area contributed by atoms with Gasteiger partial charge in [-0.05, 0) is 62.8 Å². The van der Waals surface area contributed by atoms with Crippen molar-refractivity contribution in [3.05, 3.63) is 41.5 Å². The molecular weight excluding hydrogens is 371 g/mol. The number of carbonyl (C=O) groups excluding carboxylic acids is 1. The molecule has 1 aliphatic carbocycles. The standard InChI is InChI=1S/C25H32O3.Na/c1-3-5-9-18(4-2)10-6-11-19-16-17-22-24(19)21-14-7-12-20(25(21)28-22)13-8-15-23(26)27;/h6-7,11-12,14,18-19,22,24H,4,8-10,13,15-17H2,1-2H3,(H,26,27);/q;+1/p-1/b11-6+;/t18?,19?,22-,24-;/m0./s1. The van der Waals surface area contributed by atoms with Gasteiger partial charge in [0, 0.05) is 23.9 Å². The third-order valence-corrected chi connectivity index (χ3v) is 6.23. The maximum absolute atomic E-state index is 10.7. The summed E-state index contributed by atoms with van der Waals surface area (Å²) in [7, 11) is 0. The minimum absolute atomic E-state index is 0. The average molecular weight is 403 g/mol. The average Bonchev–Trinajstić information content (AvgIpc) is 3.24. The quantitative estimate of drug-likeness (QED) is 0.357. The maximum atomic E-state index is 10.7. The molecule has 2 aliphatic rings. The van der Waals surface area contributed by atoms with Gasteiger partial charge < -0.3 is 14.6 Å². The van der Waals surface area contributed by atoms with Crippen LogP contribution in [0.25, 0.3) is 0 Å². The summed E-state index contributed by atoms with van der Waals surface area (Å²) in [6, 6.07) is 6.36. The van der Waals surface area contributed by atoms with E-state index in [1.54, 1.807) is 0 Å². The predicted molar refractivity (Wildman–Crippen MR) is 110 cm³/mol. The van der Waals surface area contributed by atoms with Crippen LogP contribution in [0.4, 0.5) is 0 Å². The van der Waals surface area contributed by atoms with E-state index < -0.39 is 5.97 Å². The SMILES string of the molecule is CC#CCC(CC)C/C=C/C1CC[C@@H]2Oc3c(CCCC(=O)[O-])cccc3[C@H]12.[Na+]. The van der Waals surface area contributed by atoms with Crippen LogP contribution in [0.3, 0.4) is 0 Å². The van der Waals surface area contributed by atoms with Crippen LogP contribution in [0.5, 0.6) is 5.75 Å². The zero-order valence-corrected chi connectivity index (χ0v) is 20.1. The van der Waals surface area contributed by atoms with Gasteiger partial charge in [-0.2, -0.15) is 0 Å². The van der Waals surface area contributed by atoms with E-state index in [1.807, 2.05) is 6.92 Å². The van der Waals surface area contributed by atoms with Gasteiger partial charge in [0.1, 0.15) is 11.9 Å². The number of para-hydroxylation sites is 1. The third-order valence-electron chi connectivity index (χ3n) is 6.23. The van der Waals surface area contributed by atoms with Crippen molar-refractivity contribution in [3.63, 3.8) is 0 Å². The summed E-state index contributed by atoms with van der Waals surface area (Å²) in [6.07, 6.45) is 12.0. The summed E-state index contributed by atoms with van der Waals surface area (Å²) in [5.41, 5.74) is 2.45. The molecule has 0 spiro atoms. The summed E-state index contributed by atoms with van der Waals surface area (Å²) in [5, 5.41) is 10.7. The Hall–Kier alpha value is -1.21. The van der Waals surface area contributed by atoms with Crippen molar-refractivity contribution in [2.45, 2.75) is 77.2 Å². The second-order valence-electron chi connectivity index (χ2n) is 8.05. The number of fused-ring (bicyclic) bond motifs is 3. The molecule has 4 heteroatoms. The second-order valence-corrected chi connectivity index (χ2v) is 8.05. The number of benzene rings is 1. The van der Waals surface area contributed by atoms with Crippen molar-refractivity contribution < 1.29 is 44.2 Å². The second kappa shape index (κ2) is 11.8. The van der Waals surface area contributed by atoms with Crippen molar-refractivity contribution >= 4 is 5.97 Å². The molecule has 0 amide bonds. The van der Waals surface area contributed by atoms with E-state index in [1.165, 1.54) is 12.0 Å². The van der Waals surface area contributed by atoms with E-state index in [2.05, 4.69) is 49.1 Å². The molecule has 150 valence electrons. The number of allylic oxidation sites excluding steroid dienone is 2. The summed E-state index contributed by atoms with van der Waals surface area (Å²) < 4.78 is 6.34. The Balaban J connectivity index is 0.00000300. The Bertz CT molecular complexity index is 774. The van der Waals surface area contributed by atoms with Gasteiger partial charge in [0.2, 0.25) is 0 Å². The number of rotatable bonds is 9. The molecule has 0 radical (unpaired) electrons. The number of carboxylic acids is 1. The van der Waals surface area contributed by atoms with Gasteiger partial charge >= 0.3 is 29.6 Å². The molecular formula is C25H31NaO3. The smallest absolute Gasteiger partial charge is 0.550 e. The number of carboxylic acid groups (broad SMARTS) is 1. The fourth-order valence-electron chi connectivity index (χ4n) is 4.64. The van der Waals surface area contributed by atoms with Gasteiger partial charge in [-0.15, -0.1) is 11.8 Å². The summed E-state index contributed by atoms with van der Waals surface area (Å²) in [4.78, 5) is 10.7. The van der Waals surface area contributed by atoms with E-state index in [-0.39, 0.29) is 42.1 Å². The van der Waals surface area contributed by atoms with E-state index in [0.717, 1.165) is 43.4 Å². The first-order valence-electron chi connectivity index (χ1n) is 10.7. The van der Waals surface area contributed by atoms with Gasteiger partial charge in [-0.25, -0.2) is 0 Å². The van der Waals surface area contributed by atoms with Gasteiger partial charge in [-0.1, -0.05) is 43.7 Å². The largest absolute Gasteiger partial charge is 1.00 e. The first-order valence-corrected chi connectivity index (χ1v) is 10.7. The van der Waals surface area contributed by atoms with Crippen LogP contribution < -0.4 is 39.4 Å². The molecule has 1 aromatic carbocycles. The van der Waals surface area contributed by atoms with Crippen LogP contribution in [0.2, 0.25) is 0 Å². The van der Waals surface area contributed by atoms with E-state index in [4.69, 9.17) is 4.74 Å². The number of hydrogen-bond donors (Lipinski definition) is 0. The van der Waals surface area contributed by atoms with E-state index >= 15 is 0 Å². The molecule has 1 aromatic rings. The van der Waals surface area contributed by atoms with Crippen LogP contribution in [-0.4, -0.2) is 12.1 Å². The predicted octanol–water partition coefficient (Wildman–Crippen LogP) is 1.40. The Morgan fingerprint density at radius 2 is 2.21 bits per heavy atom. The monoisotopic (exact) mass is 402 g/mol. The van der Waals surface area contributed by atoms with Gasteiger partial charge in [0.25, 0.3) is 0 Å². The van der Waals surface area contributed by atoms with Crippen molar-refractivity contribution in [2.75, 3.05) is 0 Å². The molecule has 1 saturated carbocycles. The fraction of sp³-hybridized carbons (Fsp3) is 0.560. The van der Waals surface area contributed by atoms with Crippen molar-refractivity contribution in [2.24, 2.45) is 11.8 Å². The topological polar surface area (TPSA) is 49.4 Å². The zero-order chi connectivity index (χ0) is 19.9. The van der Waals surface area contributed by atoms with Crippen molar-refractivity contribution in [3.8, 4) is 17.6 Å². The molecule has 3 nitrogen and oxygen atoms in total. The molecule has 1 fully saturated rings. The number of hydrogen-bond acceptors (Lipinski definition) is 3. The molecule has 0 saturated heterocycles. The molecule has 0 aromatic heterocycles. The van der Waals surface area contributed by atoms with Crippen LogP contribution in [0.1, 0.15) is 75.8 Å². The summed E-state index contributed by atoms with van der Waals surface area (Å²) in [6.45, 7) is 4.15.